The van der Waals surface area contributed by atoms with Crippen LogP contribution in [0.25, 0.3) is 0 Å². The molecule has 1 rings (SSSR count). The van der Waals surface area contributed by atoms with Crippen molar-refractivity contribution in [1.29, 1.82) is 0 Å². The van der Waals surface area contributed by atoms with Gasteiger partial charge in [-0.3, -0.25) is 0 Å². The van der Waals surface area contributed by atoms with Crippen LogP contribution >= 0.6 is 0 Å². The Hall–Kier alpha value is -0.910. The summed E-state index contributed by atoms with van der Waals surface area (Å²) in [7, 11) is -0.173. The molecule has 0 radical (unpaired) electrons. The summed E-state index contributed by atoms with van der Waals surface area (Å²) in [6.45, 7) is 5.29. The SMILES string of the molecule is CCC(C)c1ccc(S(=O)(=O)N(C)CCCOC)cc1. The van der Waals surface area contributed by atoms with Gasteiger partial charge < -0.3 is 4.74 Å². The van der Waals surface area contributed by atoms with Gasteiger partial charge in [0.1, 0.15) is 0 Å². The van der Waals surface area contributed by atoms with Gasteiger partial charge in [0.15, 0.2) is 0 Å². The van der Waals surface area contributed by atoms with E-state index in [9.17, 15) is 8.42 Å². The van der Waals surface area contributed by atoms with Gasteiger partial charge in [0.2, 0.25) is 10.0 Å². The van der Waals surface area contributed by atoms with E-state index < -0.39 is 10.0 Å². The number of methoxy groups -OCH3 is 1. The second-order valence-electron chi connectivity index (χ2n) is 5.05. The zero-order valence-electron chi connectivity index (χ0n) is 12.8. The standard InChI is InChI=1S/C15H25NO3S/c1-5-13(2)14-7-9-15(10-8-14)20(17,18)16(3)11-6-12-19-4/h7-10,13H,5-6,11-12H2,1-4H3. The molecule has 1 atom stereocenters. The third kappa shape index (κ3) is 4.30. The number of rotatable bonds is 8. The summed E-state index contributed by atoms with van der Waals surface area (Å²) < 4.78 is 31.0. The number of nitrogens with zero attached hydrogens (tertiary/aromatic N) is 1. The van der Waals surface area contributed by atoms with E-state index >= 15 is 0 Å². The molecular formula is C15H25NO3S. The lowest BCUT2D eigenvalue weighted by atomic mass is 9.99. The van der Waals surface area contributed by atoms with Gasteiger partial charge in [-0.1, -0.05) is 26.0 Å². The van der Waals surface area contributed by atoms with E-state index in [-0.39, 0.29) is 0 Å². The molecule has 1 unspecified atom stereocenters. The Kier molecular flexibility index (Phi) is 6.65. The second kappa shape index (κ2) is 7.76. The molecule has 0 aliphatic heterocycles. The molecule has 1 aromatic rings. The van der Waals surface area contributed by atoms with Crippen LogP contribution < -0.4 is 0 Å². The minimum Gasteiger partial charge on any atom is -0.385 e. The lowest BCUT2D eigenvalue weighted by Crippen LogP contribution is -2.28. The highest BCUT2D eigenvalue weighted by molar-refractivity contribution is 7.89. The van der Waals surface area contributed by atoms with Gasteiger partial charge in [-0.15, -0.1) is 0 Å². The summed E-state index contributed by atoms with van der Waals surface area (Å²) in [4.78, 5) is 0.351. The molecule has 5 heteroatoms. The molecule has 0 N–H and O–H groups in total. The fourth-order valence-corrected chi connectivity index (χ4v) is 3.15. The fourth-order valence-electron chi connectivity index (χ4n) is 1.94. The average Bonchev–Trinajstić information content (AvgIpc) is 2.46. The van der Waals surface area contributed by atoms with Crippen molar-refractivity contribution in [2.24, 2.45) is 0 Å². The predicted molar refractivity (Wildman–Crippen MR) is 81.5 cm³/mol. The van der Waals surface area contributed by atoms with Gasteiger partial charge in [0.25, 0.3) is 0 Å². The van der Waals surface area contributed by atoms with Crippen LogP contribution in [0.4, 0.5) is 0 Å². The second-order valence-corrected chi connectivity index (χ2v) is 7.10. The summed E-state index contributed by atoms with van der Waals surface area (Å²) in [6, 6.07) is 7.21. The van der Waals surface area contributed by atoms with E-state index in [0.29, 0.717) is 30.4 Å². The summed E-state index contributed by atoms with van der Waals surface area (Å²) in [5.41, 5.74) is 1.17. The van der Waals surface area contributed by atoms with Gasteiger partial charge >= 0.3 is 0 Å². The number of hydrogen-bond donors (Lipinski definition) is 0. The van der Waals surface area contributed by atoms with Gasteiger partial charge in [-0.25, -0.2) is 12.7 Å². The monoisotopic (exact) mass is 299 g/mol. The number of ether oxygens (including phenoxy) is 1. The first kappa shape index (κ1) is 17.1. The van der Waals surface area contributed by atoms with Crippen molar-refractivity contribution in [1.82, 2.24) is 4.31 Å². The van der Waals surface area contributed by atoms with Crippen molar-refractivity contribution in [3.8, 4) is 0 Å². The van der Waals surface area contributed by atoms with Crippen molar-refractivity contribution in [3.05, 3.63) is 29.8 Å². The van der Waals surface area contributed by atoms with Crippen LogP contribution in [0.3, 0.4) is 0 Å². The van der Waals surface area contributed by atoms with Gasteiger partial charge in [0, 0.05) is 27.3 Å². The van der Waals surface area contributed by atoms with Crippen LogP contribution in [0.5, 0.6) is 0 Å². The Morgan fingerprint density at radius 2 is 1.85 bits per heavy atom. The quantitative estimate of drug-likeness (QED) is 0.693. The topological polar surface area (TPSA) is 46.6 Å². The van der Waals surface area contributed by atoms with Crippen molar-refractivity contribution in [3.63, 3.8) is 0 Å². The molecule has 0 spiro atoms. The molecule has 0 heterocycles. The Balaban J connectivity index is 2.82. The molecular weight excluding hydrogens is 274 g/mol. The maximum Gasteiger partial charge on any atom is 0.242 e. The first-order valence-electron chi connectivity index (χ1n) is 6.98. The summed E-state index contributed by atoms with van der Waals surface area (Å²) >= 11 is 0. The third-order valence-corrected chi connectivity index (χ3v) is 5.46. The van der Waals surface area contributed by atoms with Gasteiger partial charge in [0.05, 0.1) is 4.90 Å². The Morgan fingerprint density at radius 3 is 2.35 bits per heavy atom. The summed E-state index contributed by atoms with van der Waals surface area (Å²) in [5.74, 6) is 0.450. The van der Waals surface area contributed by atoms with Crippen LogP contribution in [0, 0.1) is 0 Å². The Bertz CT molecular complexity index is 496. The number of hydrogen-bond acceptors (Lipinski definition) is 3. The minimum absolute atomic E-state index is 0.351. The van der Waals surface area contributed by atoms with E-state index in [1.807, 2.05) is 12.1 Å². The normalized spacial score (nSPS) is 13.7. The predicted octanol–water partition coefficient (Wildman–Crippen LogP) is 2.86. The van der Waals surface area contributed by atoms with Crippen LogP contribution in [0.15, 0.2) is 29.2 Å². The van der Waals surface area contributed by atoms with E-state index in [0.717, 1.165) is 6.42 Å². The molecule has 4 nitrogen and oxygen atoms in total. The Morgan fingerprint density at radius 1 is 1.25 bits per heavy atom. The van der Waals surface area contributed by atoms with Crippen LogP contribution in [-0.2, 0) is 14.8 Å². The van der Waals surface area contributed by atoms with E-state index in [1.165, 1.54) is 9.87 Å². The molecule has 0 aromatic heterocycles. The highest BCUT2D eigenvalue weighted by Gasteiger charge is 2.20. The minimum atomic E-state index is -3.39. The average molecular weight is 299 g/mol. The largest absolute Gasteiger partial charge is 0.385 e. The fraction of sp³-hybridized carbons (Fsp3) is 0.600. The van der Waals surface area contributed by atoms with Crippen molar-refractivity contribution in [2.75, 3.05) is 27.3 Å². The van der Waals surface area contributed by atoms with E-state index in [1.54, 1.807) is 26.3 Å². The maximum absolute atomic E-state index is 12.4. The summed E-state index contributed by atoms with van der Waals surface area (Å²) in [5, 5.41) is 0. The molecule has 0 aliphatic rings. The number of benzene rings is 1. The zero-order valence-corrected chi connectivity index (χ0v) is 13.6. The lowest BCUT2D eigenvalue weighted by molar-refractivity contribution is 0.189. The van der Waals surface area contributed by atoms with Crippen molar-refractivity contribution in [2.45, 2.75) is 37.5 Å². The lowest BCUT2D eigenvalue weighted by Gasteiger charge is -2.17. The molecule has 0 saturated heterocycles. The summed E-state index contributed by atoms with van der Waals surface area (Å²) in [6.07, 6.45) is 1.74. The smallest absolute Gasteiger partial charge is 0.242 e. The molecule has 0 bridgehead atoms. The highest BCUT2D eigenvalue weighted by atomic mass is 32.2. The first-order valence-corrected chi connectivity index (χ1v) is 8.42. The maximum atomic E-state index is 12.4. The van der Waals surface area contributed by atoms with Crippen molar-refractivity contribution < 1.29 is 13.2 Å². The van der Waals surface area contributed by atoms with Crippen molar-refractivity contribution >= 4 is 10.0 Å². The zero-order chi connectivity index (χ0) is 15.2. The van der Waals surface area contributed by atoms with E-state index in [2.05, 4.69) is 13.8 Å². The van der Waals surface area contributed by atoms with E-state index in [4.69, 9.17) is 4.74 Å². The molecule has 0 amide bonds. The number of sulfonamides is 1. The molecule has 114 valence electrons. The molecule has 0 saturated carbocycles. The third-order valence-electron chi connectivity index (χ3n) is 3.59. The molecule has 0 aliphatic carbocycles. The molecule has 20 heavy (non-hydrogen) atoms. The Labute approximate surface area is 122 Å². The van der Waals surface area contributed by atoms with Crippen LogP contribution in [0.1, 0.15) is 38.2 Å². The van der Waals surface area contributed by atoms with Gasteiger partial charge in [-0.2, -0.15) is 0 Å². The highest BCUT2D eigenvalue weighted by Crippen LogP contribution is 2.21. The van der Waals surface area contributed by atoms with Gasteiger partial charge in [-0.05, 0) is 36.5 Å². The first-order chi connectivity index (χ1) is 9.43. The van der Waals surface area contributed by atoms with Crippen LogP contribution in [0.2, 0.25) is 0 Å². The molecule has 1 aromatic carbocycles. The molecule has 0 fully saturated rings. The van der Waals surface area contributed by atoms with Crippen LogP contribution in [-0.4, -0.2) is 40.0 Å².